The van der Waals surface area contributed by atoms with Crippen molar-refractivity contribution < 1.29 is 9.32 Å². The van der Waals surface area contributed by atoms with Crippen molar-refractivity contribution in [3.05, 3.63) is 44.9 Å². The van der Waals surface area contributed by atoms with Crippen molar-refractivity contribution in [3.8, 4) is 0 Å². The van der Waals surface area contributed by atoms with Crippen molar-refractivity contribution in [1.29, 1.82) is 0 Å². The zero-order chi connectivity index (χ0) is 14.0. The molecule has 0 bridgehead atoms. The number of thioether (sulfide) groups is 1. The molecule has 100 valence electrons. The third-order valence-corrected chi connectivity index (χ3v) is 3.88. The van der Waals surface area contributed by atoms with Gasteiger partial charge in [0.1, 0.15) is 5.76 Å². The summed E-state index contributed by atoms with van der Waals surface area (Å²) in [7, 11) is 0. The number of carbonyl (C=O) groups excluding carboxylic acids is 1. The number of nitrogen functional groups attached to an aromatic ring is 1. The topological polar surface area (TPSA) is 78.2 Å². The fraction of sp³-hybridized carbons (Fsp3) is 0.167. The molecular formula is C12H11BrN2O3S. The Balaban J connectivity index is 2.08. The molecule has 0 spiro atoms. The van der Waals surface area contributed by atoms with E-state index in [2.05, 4.69) is 15.9 Å². The highest BCUT2D eigenvalue weighted by Gasteiger charge is 2.13. The molecule has 1 aromatic heterocycles. The molecule has 2 N–H and O–H groups in total. The molecule has 2 rings (SSSR count). The van der Waals surface area contributed by atoms with Gasteiger partial charge in [-0.25, -0.2) is 0 Å². The average molecular weight is 343 g/mol. The van der Waals surface area contributed by atoms with E-state index in [0.29, 0.717) is 11.4 Å². The summed E-state index contributed by atoms with van der Waals surface area (Å²) >= 11 is 4.57. The molecule has 0 aliphatic carbocycles. The summed E-state index contributed by atoms with van der Waals surface area (Å²) in [6.45, 7) is 1.62. The number of carbonyl (C=O) groups is 1. The Morgan fingerprint density at radius 3 is 2.79 bits per heavy atom. The molecule has 0 saturated carbocycles. The van der Waals surface area contributed by atoms with Crippen molar-refractivity contribution in [2.45, 2.75) is 11.8 Å². The first kappa shape index (κ1) is 14.0. The molecule has 0 aliphatic heterocycles. The Hall–Kier alpha value is -1.47. The number of halogens is 1. The normalized spacial score (nSPS) is 10.6. The number of aryl methyl sites for hydroxylation is 1. The minimum atomic E-state index is -0.452. The van der Waals surface area contributed by atoms with E-state index in [-0.39, 0.29) is 5.75 Å². The van der Waals surface area contributed by atoms with Crippen molar-refractivity contribution >= 4 is 39.3 Å². The second kappa shape index (κ2) is 5.66. The number of benzene rings is 1. The van der Waals surface area contributed by atoms with E-state index in [0.717, 1.165) is 14.1 Å². The first-order valence-corrected chi connectivity index (χ1v) is 7.16. The van der Waals surface area contributed by atoms with Crippen LogP contribution in [-0.2, 0) is 0 Å². The predicted molar refractivity (Wildman–Crippen MR) is 77.6 cm³/mol. The zero-order valence-electron chi connectivity index (χ0n) is 10.1. The molecule has 0 aliphatic rings. The minimum absolute atomic E-state index is 0.0820. The average Bonchev–Trinajstić information content (AvgIpc) is 2.67. The molecular weight excluding hydrogens is 332 g/mol. The van der Waals surface area contributed by atoms with Gasteiger partial charge in [0.25, 0.3) is 11.5 Å². The van der Waals surface area contributed by atoms with E-state index in [1.807, 2.05) is 12.1 Å². The molecule has 2 aromatic rings. The molecule has 1 aromatic carbocycles. The van der Waals surface area contributed by atoms with Gasteiger partial charge in [0.2, 0.25) is 0 Å². The lowest BCUT2D eigenvalue weighted by Gasteiger charge is -2.04. The maximum atomic E-state index is 11.8. The fourth-order valence-electron chi connectivity index (χ4n) is 1.47. The maximum absolute atomic E-state index is 11.8. The number of nitrogens with two attached hydrogens (primary N) is 1. The summed E-state index contributed by atoms with van der Waals surface area (Å²) in [6, 6.07) is 6.69. The first-order valence-electron chi connectivity index (χ1n) is 5.38. The molecule has 0 atom stereocenters. The summed E-state index contributed by atoms with van der Waals surface area (Å²) < 4.78 is 6.65. The Morgan fingerprint density at radius 1 is 1.47 bits per heavy atom. The highest BCUT2D eigenvalue weighted by molar-refractivity contribution is 9.10. The summed E-state index contributed by atoms with van der Waals surface area (Å²) in [6.07, 6.45) is 0. The van der Waals surface area contributed by atoms with Gasteiger partial charge in [-0.3, -0.25) is 9.59 Å². The minimum Gasteiger partial charge on any atom is -0.398 e. The number of anilines is 1. The van der Waals surface area contributed by atoms with Gasteiger partial charge >= 0.3 is 0 Å². The zero-order valence-corrected chi connectivity index (χ0v) is 12.5. The molecule has 0 fully saturated rings. The quantitative estimate of drug-likeness (QED) is 0.684. The van der Waals surface area contributed by atoms with Crippen LogP contribution < -0.4 is 11.3 Å². The molecule has 1 heterocycles. The summed E-state index contributed by atoms with van der Waals surface area (Å²) in [5, 5.41) is 0. The molecule has 19 heavy (non-hydrogen) atoms. The van der Waals surface area contributed by atoms with Gasteiger partial charge in [0, 0.05) is 21.1 Å². The Morgan fingerprint density at radius 2 is 2.21 bits per heavy atom. The highest BCUT2D eigenvalue weighted by Crippen LogP contribution is 2.27. The monoisotopic (exact) mass is 342 g/mol. The number of hydrogen-bond donors (Lipinski definition) is 1. The van der Waals surface area contributed by atoms with Gasteiger partial charge in [-0.05, 0) is 25.1 Å². The van der Waals surface area contributed by atoms with Crippen molar-refractivity contribution in [2.24, 2.45) is 0 Å². The summed E-state index contributed by atoms with van der Waals surface area (Å²) in [5.41, 5.74) is 5.95. The van der Waals surface area contributed by atoms with Crippen LogP contribution in [0, 0.1) is 6.92 Å². The van der Waals surface area contributed by atoms with Crippen LogP contribution in [0.15, 0.2) is 43.0 Å². The van der Waals surface area contributed by atoms with Gasteiger partial charge in [0.15, 0.2) is 0 Å². The first-order chi connectivity index (χ1) is 8.97. The van der Waals surface area contributed by atoms with E-state index in [9.17, 15) is 9.59 Å². The number of hydrogen-bond acceptors (Lipinski definition) is 5. The van der Waals surface area contributed by atoms with E-state index in [4.69, 9.17) is 10.3 Å². The number of aromatic nitrogens is 1. The molecule has 5 nitrogen and oxygen atoms in total. The largest absolute Gasteiger partial charge is 0.398 e. The summed E-state index contributed by atoms with van der Waals surface area (Å²) in [4.78, 5) is 24.0. The van der Waals surface area contributed by atoms with Gasteiger partial charge in [-0.2, -0.15) is 0 Å². The van der Waals surface area contributed by atoms with Crippen LogP contribution in [0.25, 0.3) is 0 Å². The molecule has 7 heteroatoms. The van der Waals surface area contributed by atoms with Gasteiger partial charge in [-0.15, -0.1) is 16.5 Å². The fourth-order valence-corrected chi connectivity index (χ4v) is 2.64. The lowest BCUT2D eigenvalue weighted by molar-refractivity contribution is 0.0813. The van der Waals surface area contributed by atoms with Crippen molar-refractivity contribution in [2.75, 3.05) is 11.5 Å². The van der Waals surface area contributed by atoms with Crippen LogP contribution in [0.2, 0.25) is 0 Å². The third kappa shape index (κ3) is 3.30. The molecule has 0 unspecified atom stereocenters. The van der Waals surface area contributed by atoms with Gasteiger partial charge < -0.3 is 10.3 Å². The second-order valence-electron chi connectivity index (χ2n) is 3.84. The smallest absolute Gasteiger partial charge is 0.290 e. The molecule has 0 saturated heterocycles. The van der Waals surface area contributed by atoms with Crippen LogP contribution in [0.5, 0.6) is 0 Å². The second-order valence-corrected chi connectivity index (χ2v) is 5.78. The Kier molecular flexibility index (Phi) is 4.16. The molecule has 0 amide bonds. The van der Waals surface area contributed by atoms with Crippen LogP contribution in [0.1, 0.15) is 10.6 Å². The lowest BCUT2D eigenvalue weighted by atomic mass is 10.3. The van der Waals surface area contributed by atoms with Crippen LogP contribution in [0.3, 0.4) is 0 Å². The third-order valence-electron chi connectivity index (χ3n) is 2.31. The van der Waals surface area contributed by atoms with Crippen molar-refractivity contribution in [1.82, 2.24) is 4.74 Å². The van der Waals surface area contributed by atoms with E-state index in [1.54, 1.807) is 13.0 Å². The number of rotatable bonds is 3. The standard InChI is InChI=1S/C12H11BrN2O3S/c1-7-4-11(16)15(18-7)12(17)6-19-10-3-2-8(13)5-9(10)14/h2-5H,6,14H2,1H3. The van der Waals surface area contributed by atoms with E-state index >= 15 is 0 Å². The Bertz CT molecular complexity index is 678. The van der Waals surface area contributed by atoms with Crippen LogP contribution in [0.4, 0.5) is 5.69 Å². The summed E-state index contributed by atoms with van der Waals surface area (Å²) in [5.74, 6) is 0.0792. The van der Waals surface area contributed by atoms with Crippen LogP contribution >= 0.6 is 27.7 Å². The predicted octanol–water partition coefficient (Wildman–Crippen LogP) is 2.53. The van der Waals surface area contributed by atoms with Crippen molar-refractivity contribution in [3.63, 3.8) is 0 Å². The van der Waals surface area contributed by atoms with Gasteiger partial charge in [-0.1, -0.05) is 15.9 Å². The SMILES string of the molecule is Cc1cc(=O)n(C(=O)CSc2ccc(Br)cc2N)o1. The lowest BCUT2D eigenvalue weighted by Crippen LogP contribution is -2.23. The number of nitrogens with zero attached hydrogens (tertiary/aromatic N) is 1. The highest BCUT2D eigenvalue weighted by atomic mass is 79.9. The van der Waals surface area contributed by atoms with Gasteiger partial charge in [0.05, 0.1) is 5.75 Å². The maximum Gasteiger partial charge on any atom is 0.290 e. The molecule has 0 radical (unpaired) electrons. The Labute approximate surface area is 121 Å². The van der Waals surface area contributed by atoms with E-state index in [1.165, 1.54) is 17.8 Å². The van der Waals surface area contributed by atoms with E-state index < -0.39 is 11.5 Å². The van der Waals surface area contributed by atoms with Crippen LogP contribution in [-0.4, -0.2) is 16.4 Å².